The van der Waals surface area contributed by atoms with Gasteiger partial charge in [0.2, 0.25) is 5.91 Å². The Morgan fingerprint density at radius 2 is 2.12 bits per heavy atom. The number of likely N-dealkylation sites (tertiary alicyclic amines) is 1. The molecule has 0 aliphatic carbocycles. The zero-order valence-electron chi connectivity index (χ0n) is 14.7. The zero-order chi connectivity index (χ0) is 17.3. The first-order chi connectivity index (χ1) is 12.2. The van der Waals surface area contributed by atoms with E-state index in [9.17, 15) is 4.79 Å². The lowest BCUT2D eigenvalue weighted by atomic mass is 9.78. The highest BCUT2D eigenvalue weighted by Crippen LogP contribution is 2.41. The molecule has 0 saturated carbocycles. The van der Waals surface area contributed by atoms with Crippen LogP contribution in [0.5, 0.6) is 0 Å². The molecule has 5 heteroatoms. The fourth-order valence-corrected chi connectivity index (χ4v) is 4.24. The van der Waals surface area contributed by atoms with Crippen LogP contribution in [0.15, 0.2) is 42.9 Å². The summed E-state index contributed by atoms with van der Waals surface area (Å²) in [6.45, 7) is 5.31. The molecular weight excluding hydrogens is 312 g/mol. The number of rotatable bonds is 3. The van der Waals surface area contributed by atoms with Crippen LogP contribution in [0.3, 0.4) is 0 Å². The van der Waals surface area contributed by atoms with E-state index in [0.29, 0.717) is 12.5 Å². The van der Waals surface area contributed by atoms with E-state index in [4.69, 9.17) is 0 Å². The quantitative estimate of drug-likeness (QED) is 0.865. The van der Waals surface area contributed by atoms with Crippen LogP contribution in [0, 0.1) is 12.3 Å². The Hall–Kier alpha value is -2.43. The number of hydrogen-bond donors (Lipinski definition) is 0. The number of carbonyl (C=O) groups is 1. The van der Waals surface area contributed by atoms with Gasteiger partial charge in [-0.25, -0.2) is 4.98 Å². The van der Waals surface area contributed by atoms with E-state index in [0.717, 1.165) is 44.7 Å². The zero-order valence-corrected chi connectivity index (χ0v) is 14.7. The fourth-order valence-electron chi connectivity index (χ4n) is 4.24. The summed E-state index contributed by atoms with van der Waals surface area (Å²) in [5.41, 5.74) is 2.21. The standard InChI is InChI=1S/C20H24N4O/c1-16-4-2-5-17(12-16)14-23-10-3-6-20(19(23)25)7-11-24(15-20)18-13-21-8-9-22-18/h2,4-5,8-9,12-13H,3,6-7,10-11,14-15H2,1H3. The van der Waals surface area contributed by atoms with Crippen LogP contribution >= 0.6 is 0 Å². The molecule has 1 aromatic carbocycles. The number of nitrogens with zero attached hydrogens (tertiary/aromatic N) is 4. The number of aryl methyl sites for hydroxylation is 1. The van der Waals surface area contributed by atoms with Gasteiger partial charge in [0.15, 0.2) is 0 Å². The third-order valence-electron chi connectivity index (χ3n) is 5.51. The van der Waals surface area contributed by atoms with Gasteiger partial charge in [0.05, 0.1) is 11.6 Å². The number of amides is 1. The second kappa shape index (κ2) is 6.47. The lowest BCUT2D eigenvalue weighted by Crippen LogP contribution is -2.49. The van der Waals surface area contributed by atoms with Crippen molar-refractivity contribution >= 4 is 11.7 Å². The van der Waals surface area contributed by atoms with Crippen LogP contribution in [-0.4, -0.2) is 40.4 Å². The molecule has 1 unspecified atom stereocenters. The highest BCUT2D eigenvalue weighted by Gasteiger charge is 2.48. The van der Waals surface area contributed by atoms with Gasteiger partial charge in [0, 0.05) is 38.6 Å². The van der Waals surface area contributed by atoms with Crippen LogP contribution < -0.4 is 4.90 Å². The molecule has 0 radical (unpaired) electrons. The second-order valence-electron chi connectivity index (χ2n) is 7.33. The summed E-state index contributed by atoms with van der Waals surface area (Å²) in [5, 5.41) is 0. The molecule has 1 atom stereocenters. The molecule has 2 fully saturated rings. The average molecular weight is 336 g/mol. The molecule has 5 nitrogen and oxygen atoms in total. The molecule has 1 spiro atoms. The summed E-state index contributed by atoms with van der Waals surface area (Å²) >= 11 is 0. The Morgan fingerprint density at radius 1 is 1.20 bits per heavy atom. The average Bonchev–Trinajstić information content (AvgIpc) is 3.05. The Kier molecular flexibility index (Phi) is 4.15. The molecule has 4 rings (SSSR count). The largest absolute Gasteiger partial charge is 0.354 e. The van der Waals surface area contributed by atoms with Gasteiger partial charge in [-0.3, -0.25) is 9.78 Å². The van der Waals surface area contributed by atoms with Gasteiger partial charge in [-0.05, 0) is 31.7 Å². The number of anilines is 1. The molecule has 130 valence electrons. The number of carbonyl (C=O) groups excluding carboxylic acids is 1. The smallest absolute Gasteiger partial charge is 0.230 e. The first-order valence-electron chi connectivity index (χ1n) is 9.02. The molecule has 0 bridgehead atoms. The predicted molar refractivity (Wildman–Crippen MR) is 97.1 cm³/mol. The molecule has 0 N–H and O–H groups in total. The lowest BCUT2D eigenvalue weighted by Gasteiger charge is -2.39. The summed E-state index contributed by atoms with van der Waals surface area (Å²) in [4.78, 5) is 26.1. The Balaban J connectivity index is 1.50. The van der Waals surface area contributed by atoms with Gasteiger partial charge in [0.1, 0.15) is 5.82 Å². The van der Waals surface area contributed by atoms with Crippen molar-refractivity contribution in [2.24, 2.45) is 5.41 Å². The third-order valence-corrected chi connectivity index (χ3v) is 5.51. The first-order valence-corrected chi connectivity index (χ1v) is 9.02. The highest BCUT2D eigenvalue weighted by atomic mass is 16.2. The van der Waals surface area contributed by atoms with Crippen LogP contribution in [0.2, 0.25) is 0 Å². The van der Waals surface area contributed by atoms with Gasteiger partial charge in [-0.1, -0.05) is 29.8 Å². The maximum Gasteiger partial charge on any atom is 0.230 e. The SMILES string of the molecule is Cc1cccc(CN2CCCC3(CCN(c4cnccn4)C3)C2=O)c1. The Labute approximate surface area is 148 Å². The van der Waals surface area contributed by atoms with Crippen molar-refractivity contribution in [1.29, 1.82) is 0 Å². The van der Waals surface area contributed by atoms with E-state index < -0.39 is 0 Å². The minimum Gasteiger partial charge on any atom is -0.354 e. The molecule has 1 aromatic heterocycles. The van der Waals surface area contributed by atoms with Crippen LogP contribution in [0.4, 0.5) is 5.82 Å². The monoisotopic (exact) mass is 336 g/mol. The summed E-state index contributed by atoms with van der Waals surface area (Å²) in [7, 11) is 0. The summed E-state index contributed by atoms with van der Waals surface area (Å²) < 4.78 is 0. The van der Waals surface area contributed by atoms with Crippen LogP contribution in [-0.2, 0) is 11.3 Å². The normalized spacial score (nSPS) is 23.5. The van der Waals surface area contributed by atoms with Crippen molar-refractivity contribution in [1.82, 2.24) is 14.9 Å². The summed E-state index contributed by atoms with van der Waals surface area (Å²) in [5.74, 6) is 1.19. The number of hydrogen-bond acceptors (Lipinski definition) is 4. The molecule has 2 aromatic rings. The topological polar surface area (TPSA) is 49.3 Å². The third kappa shape index (κ3) is 3.11. The van der Waals surface area contributed by atoms with Crippen molar-refractivity contribution in [3.63, 3.8) is 0 Å². The van der Waals surface area contributed by atoms with Gasteiger partial charge in [0.25, 0.3) is 0 Å². The first kappa shape index (κ1) is 16.1. The van der Waals surface area contributed by atoms with E-state index in [1.165, 1.54) is 11.1 Å². The molecule has 2 saturated heterocycles. The number of piperidine rings is 1. The minimum atomic E-state index is -0.250. The fraction of sp³-hybridized carbons (Fsp3) is 0.450. The van der Waals surface area contributed by atoms with E-state index in [2.05, 4.69) is 51.0 Å². The number of aromatic nitrogens is 2. The maximum atomic E-state index is 13.3. The maximum absolute atomic E-state index is 13.3. The van der Waals surface area contributed by atoms with Crippen molar-refractivity contribution in [3.8, 4) is 0 Å². The van der Waals surface area contributed by atoms with Crippen LogP contribution in [0.25, 0.3) is 0 Å². The Bertz CT molecular complexity index is 763. The molecule has 1 amide bonds. The van der Waals surface area contributed by atoms with Crippen molar-refractivity contribution in [2.75, 3.05) is 24.5 Å². The van der Waals surface area contributed by atoms with Crippen molar-refractivity contribution in [3.05, 3.63) is 54.0 Å². The predicted octanol–water partition coefficient (Wildman–Crippen LogP) is 2.80. The van der Waals surface area contributed by atoms with Crippen molar-refractivity contribution in [2.45, 2.75) is 32.7 Å². The van der Waals surface area contributed by atoms with Gasteiger partial charge in [-0.2, -0.15) is 0 Å². The van der Waals surface area contributed by atoms with E-state index in [1.807, 2.05) is 0 Å². The van der Waals surface area contributed by atoms with E-state index >= 15 is 0 Å². The molecule has 2 aliphatic heterocycles. The highest BCUT2D eigenvalue weighted by molar-refractivity contribution is 5.85. The van der Waals surface area contributed by atoms with E-state index in [1.54, 1.807) is 18.6 Å². The second-order valence-corrected chi connectivity index (χ2v) is 7.33. The van der Waals surface area contributed by atoms with E-state index in [-0.39, 0.29) is 5.41 Å². The summed E-state index contributed by atoms with van der Waals surface area (Å²) in [6, 6.07) is 8.45. The minimum absolute atomic E-state index is 0.250. The molecule has 3 heterocycles. The van der Waals surface area contributed by atoms with Crippen molar-refractivity contribution < 1.29 is 4.79 Å². The Morgan fingerprint density at radius 3 is 2.92 bits per heavy atom. The van der Waals surface area contributed by atoms with Gasteiger partial charge < -0.3 is 9.80 Å². The lowest BCUT2D eigenvalue weighted by molar-refractivity contribution is -0.145. The molecule has 25 heavy (non-hydrogen) atoms. The molecule has 2 aliphatic rings. The van der Waals surface area contributed by atoms with Gasteiger partial charge >= 0.3 is 0 Å². The summed E-state index contributed by atoms with van der Waals surface area (Å²) in [6.07, 6.45) is 8.15. The molecular formula is C20H24N4O. The van der Waals surface area contributed by atoms with Crippen LogP contribution in [0.1, 0.15) is 30.4 Å². The van der Waals surface area contributed by atoms with Gasteiger partial charge in [-0.15, -0.1) is 0 Å². The number of benzene rings is 1.